The number of hydrogen-bond donors (Lipinski definition) is 1. The van der Waals surface area contributed by atoms with Gasteiger partial charge in [-0.15, -0.1) is 0 Å². The predicted octanol–water partition coefficient (Wildman–Crippen LogP) is 2.39. The summed E-state index contributed by atoms with van der Waals surface area (Å²) in [4.78, 5) is 0.316. The van der Waals surface area contributed by atoms with E-state index in [9.17, 15) is 8.42 Å². The normalized spacial score (nSPS) is 12.3. The average Bonchev–Trinajstić information content (AvgIpc) is 2.28. The van der Waals surface area contributed by atoms with Crippen molar-refractivity contribution < 1.29 is 8.42 Å². The highest BCUT2D eigenvalue weighted by Crippen LogP contribution is 2.22. The molecular weight excluding hydrogens is 248 g/mol. The lowest BCUT2D eigenvalue weighted by molar-refractivity contribution is 0.354. The minimum absolute atomic E-state index is 0.0483. The van der Waals surface area contributed by atoms with Crippen LogP contribution in [0.5, 0.6) is 0 Å². The van der Waals surface area contributed by atoms with Gasteiger partial charge in [0.25, 0.3) is 0 Å². The molecule has 1 rings (SSSR count). The Balaban J connectivity index is 3.22. The van der Waals surface area contributed by atoms with Crippen molar-refractivity contribution >= 4 is 15.7 Å². The van der Waals surface area contributed by atoms with Crippen LogP contribution in [0, 0.1) is 6.92 Å². The SMILES string of the molecule is CCCN(C(C)C)S(=O)(=O)c1ccc(N)c(C)c1. The lowest BCUT2D eigenvalue weighted by Crippen LogP contribution is -2.37. The van der Waals surface area contributed by atoms with Crippen LogP contribution in [0.15, 0.2) is 23.1 Å². The van der Waals surface area contributed by atoms with Crippen LogP contribution < -0.4 is 5.73 Å². The van der Waals surface area contributed by atoms with E-state index < -0.39 is 10.0 Å². The number of sulfonamides is 1. The maximum atomic E-state index is 12.5. The van der Waals surface area contributed by atoms with Gasteiger partial charge in [-0.25, -0.2) is 8.42 Å². The topological polar surface area (TPSA) is 63.4 Å². The first-order valence-electron chi connectivity index (χ1n) is 6.18. The van der Waals surface area contributed by atoms with Gasteiger partial charge in [0.2, 0.25) is 10.0 Å². The molecule has 0 bridgehead atoms. The van der Waals surface area contributed by atoms with Gasteiger partial charge in [-0.2, -0.15) is 4.31 Å². The molecule has 0 aliphatic rings. The van der Waals surface area contributed by atoms with Gasteiger partial charge in [0, 0.05) is 18.3 Å². The maximum absolute atomic E-state index is 12.5. The van der Waals surface area contributed by atoms with Gasteiger partial charge in [0.05, 0.1) is 4.90 Å². The number of aryl methyl sites for hydroxylation is 1. The van der Waals surface area contributed by atoms with Crippen molar-refractivity contribution in [1.29, 1.82) is 0 Å². The summed E-state index contributed by atoms with van der Waals surface area (Å²) in [6.07, 6.45) is 0.797. The van der Waals surface area contributed by atoms with Crippen LogP contribution in [0.2, 0.25) is 0 Å². The standard InChI is InChI=1S/C13H22N2O2S/c1-5-8-15(10(2)3)18(16,17)12-6-7-13(14)11(4)9-12/h6-7,9-10H,5,8,14H2,1-4H3. The zero-order valence-corrected chi connectivity index (χ0v) is 12.3. The van der Waals surface area contributed by atoms with Crippen molar-refractivity contribution in [3.8, 4) is 0 Å². The second kappa shape index (κ2) is 5.71. The zero-order valence-electron chi connectivity index (χ0n) is 11.5. The molecule has 5 heteroatoms. The van der Waals surface area contributed by atoms with Gasteiger partial charge in [0.1, 0.15) is 0 Å². The number of hydrogen-bond acceptors (Lipinski definition) is 3. The first-order valence-corrected chi connectivity index (χ1v) is 7.62. The number of nitrogen functional groups attached to an aromatic ring is 1. The number of benzene rings is 1. The minimum atomic E-state index is -3.42. The Labute approximate surface area is 110 Å². The molecule has 102 valence electrons. The first-order chi connectivity index (χ1) is 8.30. The van der Waals surface area contributed by atoms with E-state index in [1.165, 1.54) is 4.31 Å². The van der Waals surface area contributed by atoms with Crippen molar-refractivity contribution in [3.05, 3.63) is 23.8 Å². The predicted molar refractivity (Wildman–Crippen MR) is 74.9 cm³/mol. The van der Waals surface area contributed by atoms with Gasteiger partial charge >= 0.3 is 0 Å². The highest BCUT2D eigenvalue weighted by atomic mass is 32.2. The van der Waals surface area contributed by atoms with Gasteiger partial charge in [-0.3, -0.25) is 0 Å². The number of nitrogens with zero attached hydrogens (tertiary/aromatic N) is 1. The largest absolute Gasteiger partial charge is 0.399 e. The van der Waals surface area contributed by atoms with Crippen molar-refractivity contribution in [2.75, 3.05) is 12.3 Å². The van der Waals surface area contributed by atoms with Crippen LogP contribution in [0.4, 0.5) is 5.69 Å². The smallest absolute Gasteiger partial charge is 0.243 e. The Kier molecular flexibility index (Phi) is 4.76. The summed E-state index contributed by atoms with van der Waals surface area (Å²) >= 11 is 0. The molecule has 0 radical (unpaired) electrons. The third-order valence-corrected chi connectivity index (χ3v) is 4.94. The fourth-order valence-corrected chi connectivity index (χ4v) is 3.63. The molecule has 4 nitrogen and oxygen atoms in total. The third-order valence-electron chi connectivity index (χ3n) is 2.87. The molecule has 0 amide bonds. The van der Waals surface area contributed by atoms with Crippen LogP contribution in [-0.2, 0) is 10.0 Å². The molecule has 0 unspecified atom stereocenters. The van der Waals surface area contributed by atoms with Crippen LogP contribution in [0.25, 0.3) is 0 Å². The lowest BCUT2D eigenvalue weighted by Gasteiger charge is -2.25. The molecule has 0 aliphatic heterocycles. The monoisotopic (exact) mass is 270 g/mol. The molecule has 0 aliphatic carbocycles. The third kappa shape index (κ3) is 3.03. The van der Waals surface area contributed by atoms with Crippen molar-refractivity contribution in [2.24, 2.45) is 0 Å². The van der Waals surface area contributed by atoms with E-state index in [0.717, 1.165) is 12.0 Å². The van der Waals surface area contributed by atoms with Gasteiger partial charge in [-0.05, 0) is 51.0 Å². The van der Waals surface area contributed by atoms with E-state index in [0.29, 0.717) is 17.1 Å². The van der Waals surface area contributed by atoms with Crippen LogP contribution >= 0.6 is 0 Å². The van der Waals surface area contributed by atoms with Crippen LogP contribution in [0.3, 0.4) is 0 Å². The van der Waals surface area contributed by atoms with Crippen molar-refractivity contribution in [3.63, 3.8) is 0 Å². The molecule has 0 saturated heterocycles. The molecule has 1 aromatic carbocycles. The lowest BCUT2D eigenvalue weighted by atomic mass is 10.2. The van der Waals surface area contributed by atoms with Crippen LogP contribution in [-0.4, -0.2) is 25.3 Å². The molecule has 18 heavy (non-hydrogen) atoms. The van der Waals surface area contributed by atoms with E-state index in [4.69, 9.17) is 5.73 Å². The fourth-order valence-electron chi connectivity index (χ4n) is 1.82. The molecule has 0 fully saturated rings. The highest BCUT2D eigenvalue weighted by molar-refractivity contribution is 7.89. The van der Waals surface area contributed by atoms with E-state index in [-0.39, 0.29) is 6.04 Å². The molecule has 0 saturated carbocycles. The van der Waals surface area contributed by atoms with Crippen molar-refractivity contribution in [2.45, 2.75) is 45.1 Å². The number of nitrogens with two attached hydrogens (primary N) is 1. The van der Waals surface area contributed by atoms with E-state index in [1.54, 1.807) is 18.2 Å². The summed E-state index contributed by atoms with van der Waals surface area (Å²) < 4.78 is 26.6. The zero-order chi connectivity index (χ0) is 13.9. The summed E-state index contributed by atoms with van der Waals surface area (Å²) in [6.45, 7) is 8.09. The molecule has 0 aromatic heterocycles. The fraction of sp³-hybridized carbons (Fsp3) is 0.538. The second-order valence-corrected chi connectivity index (χ2v) is 6.62. The summed E-state index contributed by atoms with van der Waals surface area (Å²) in [7, 11) is -3.42. The summed E-state index contributed by atoms with van der Waals surface area (Å²) in [6, 6.07) is 4.80. The number of anilines is 1. The molecular formula is C13H22N2O2S. The summed E-state index contributed by atoms with van der Waals surface area (Å²) in [5.41, 5.74) is 7.12. The van der Waals surface area contributed by atoms with Gasteiger partial charge < -0.3 is 5.73 Å². The van der Waals surface area contributed by atoms with Gasteiger partial charge in [0.15, 0.2) is 0 Å². The second-order valence-electron chi connectivity index (χ2n) is 4.73. The molecule has 0 spiro atoms. The van der Waals surface area contributed by atoms with Crippen molar-refractivity contribution in [1.82, 2.24) is 4.31 Å². The van der Waals surface area contributed by atoms with E-state index >= 15 is 0 Å². The molecule has 2 N–H and O–H groups in total. The Morgan fingerprint density at radius 1 is 1.33 bits per heavy atom. The van der Waals surface area contributed by atoms with E-state index in [2.05, 4.69) is 0 Å². The Bertz CT molecular complexity index is 510. The quantitative estimate of drug-likeness (QED) is 0.836. The maximum Gasteiger partial charge on any atom is 0.243 e. The Morgan fingerprint density at radius 3 is 2.39 bits per heavy atom. The molecule has 0 heterocycles. The summed E-state index contributed by atoms with van der Waals surface area (Å²) in [5.74, 6) is 0. The molecule has 0 atom stereocenters. The number of rotatable bonds is 5. The summed E-state index contributed by atoms with van der Waals surface area (Å²) in [5, 5.41) is 0. The first kappa shape index (κ1) is 15.0. The highest BCUT2D eigenvalue weighted by Gasteiger charge is 2.26. The Hall–Kier alpha value is -1.07. The van der Waals surface area contributed by atoms with E-state index in [1.807, 2.05) is 27.7 Å². The van der Waals surface area contributed by atoms with Crippen LogP contribution in [0.1, 0.15) is 32.8 Å². The average molecular weight is 270 g/mol. The molecule has 1 aromatic rings. The van der Waals surface area contributed by atoms with Gasteiger partial charge in [-0.1, -0.05) is 6.92 Å². The Morgan fingerprint density at radius 2 is 1.94 bits per heavy atom. The minimum Gasteiger partial charge on any atom is -0.399 e.